The van der Waals surface area contributed by atoms with Crippen molar-refractivity contribution in [1.29, 1.82) is 0 Å². The number of esters is 1. The molecule has 2 aromatic rings. The van der Waals surface area contributed by atoms with Gasteiger partial charge in [0.1, 0.15) is 12.4 Å². The van der Waals surface area contributed by atoms with Crippen molar-refractivity contribution in [1.82, 2.24) is 4.90 Å². The number of carbonyl (C=O) groups is 2. The van der Waals surface area contributed by atoms with Crippen molar-refractivity contribution in [3.05, 3.63) is 54.1 Å². The topological polar surface area (TPSA) is 68.3 Å². The van der Waals surface area contributed by atoms with Crippen LogP contribution in [0, 0.1) is 0 Å². The van der Waals surface area contributed by atoms with Gasteiger partial charge in [-0.1, -0.05) is 24.3 Å². The van der Waals surface area contributed by atoms with Crippen LogP contribution in [0.15, 0.2) is 53.4 Å². The van der Waals surface area contributed by atoms with E-state index >= 15 is 0 Å². The summed E-state index contributed by atoms with van der Waals surface area (Å²) in [6.07, 6.45) is -0.855. The zero-order valence-corrected chi connectivity index (χ0v) is 19.1. The van der Waals surface area contributed by atoms with Crippen LogP contribution < -0.4 is 9.64 Å². The predicted octanol–water partition coefficient (Wildman–Crippen LogP) is 3.00. The molecule has 31 heavy (non-hydrogen) atoms. The minimum Gasteiger partial charge on any atom is -0.497 e. The standard InChI is InChI=1S/C23H28N2O5S/c1-24(2)13-14-25-18-7-5-6-8-19(18)31-22(16-9-11-17(28-3)12-10-16)21(23(25)27)30-15-20(26)29-4/h5-12,21-22H,13-15H2,1-4H3. The van der Waals surface area contributed by atoms with E-state index in [1.165, 1.54) is 7.11 Å². The Morgan fingerprint density at radius 3 is 2.45 bits per heavy atom. The lowest BCUT2D eigenvalue weighted by molar-refractivity contribution is -0.150. The van der Waals surface area contributed by atoms with Crippen LogP contribution in [-0.4, -0.2) is 70.9 Å². The molecule has 0 saturated heterocycles. The molecule has 2 atom stereocenters. The van der Waals surface area contributed by atoms with Gasteiger partial charge >= 0.3 is 5.97 Å². The van der Waals surface area contributed by atoms with E-state index in [-0.39, 0.29) is 17.8 Å². The summed E-state index contributed by atoms with van der Waals surface area (Å²) in [4.78, 5) is 30.3. The number of amides is 1. The van der Waals surface area contributed by atoms with E-state index in [1.807, 2.05) is 67.5 Å². The second-order valence-corrected chi connectivity index (χ2v) is 8.56. The molecule has 0 bridgehead atoms. The predicted molar refractivity (Wildman–Crippen MR) is 121 cm³/mol. The average Bonchev–Trinajstić information content (AvgIpc) is 2.90. The zero-order valence-electron chi connectivity index (χ0n) is 18.2. The van der Waals surface area contributed by atoms with E-state index in [0.29, 0.717) is 13.1 Å². The molecule has 166 valence electrons. The first kappa shape index (κ1) is 23.1. The van der Waals surface area contributed by atoms with Crippen molar-refractivity contribution in [3.63, 3.8) is 0 Å². The molecule has 0 fully saturated rings. The molecule has 7 nitrogen and oxygen atoms in total. The van der Waals surface area contributed by atoms with Crippen molar-refractivity contribution in [3.8, 4) is 5.75 Å². The number of benzene rings is 2. The van der Waals surface area contributed by atoms with Gasteiger partial charge < -0.3 is 24.0 Å². The molecule has 3 rings (SSSR count). The molecule has 2 unspecified atom stereocenters. The van der Waals surface area contributed by atoms with Crippen molar-refractivity contribution in [2.24, 2.45) is 0 Å². The lowest BCUT2D eigenvalue weighted by atomic mass is 10.1. The average molecular weight is 445 g/mol. The highest BCUT2D eigenvalue weighted by Crippen LogP contribution is 2.46. The number of para-hydroxylation sites is 1. The summed E-state index contributed by atoms with van der Waals surface area (Å²) in [7, 11) is 6.85. The Morgan fingerprint density at radius 2 is 1.81 bits per heavy atom. The maximum atomic E-state index is 13.7. The molecule has 1 aliphatic rings. The molecule has 1 amide bonds. The number of likely N-dealkylation sites (N-methyl/N-ethyl adjacent to an activating group) is 1. The second kappa shape index (κ2) is 10.7. The lowest BCUT2D eigenvalue weighted by Crippen LogP contribution is -2.45. The fourth-order valence-corrected chi connectivity index (χ4v) is 4.66. The van der Waals surface area contributed by atoms with Gasteiger partial charge in [-0.15, -0.1) is 11.8 Å². The van der Waals surface area contributed by atoms with Gasteiger partial charge in [0, 0.05) is 18.0 Å². The SMILES string of the molecule is COC(=O)COC1C(=O)N(CCN(C)C)c2ccccc2SC1c1ccc(OC)cc1. The monoisotopic (exact) mass is 444 g/mol. The summed E-state index contributed by atoms with van der Waals surface area (Å²) in [6, 6.07) is 15.4. The van der Waals surface area contributed by atoms with Crippen molar-refractivity contribution in [2.45, 2.75) is 16.2 Å². The van der Waals surface area contributed by atoms with Crippen LogP contribution >= 0.6 is 11.8 Å². The molecule has 0 radical (unpaired) electrons. The van der Waals surface area contributed by atoms with Gasteiger partial charge in [0.2, 0.25) is 0 Å². The Bertz CT molecular complexity index is 903. The number of hydrogen-bond acceptors (Lipinski definition) is 7. The Labute approximate surface area is 187 Å². The number of rotatable bonds is 8. The van der Waals surface area contributed by atoms with Crippen LogP contribution in [0.4, 0.5) is 5.69 Å². The van der Waals surface area contributed by atoms with Gasteiger partial charge in [0.05, 0.1) is 25.2 Å². The number of hydrogen-bond donors (Lipinski definition) is 0. The summed E-state index contributed by atoms with van der Waals surface area (Å²) in [5.74, 6) is 0.0330. The van der Waals surface area contributed by atoms with E-state index in [4.69, 9.17) is 14.2 Å². The van der Waals surface area contributed by atoms with Crippen LogP contribution in [0.25, 0.3) is 0 Å². The summed E-state index contributed by atoms with van der Waals surface area (Å²) in [5.41, 5.74) is 1.76. The Morgan fingerprint density at radius 1 is 1.10 bits per heavy atom. The highest BCUT2D eigenvalue weighted by molar-refractivity contribution is 7.99. The minimum atomic E-state index is -0.855. The Balaban J connectivity index is 2.02. The van der Waals surface area contributed by atoms with E-state index in [0.717, 1.165) is 21.9 Å². The van der Waals surface area contributed by atoms with Crippen molar-refractivity contribution in [2.75, 3.05) is 52.9 Å². The third kappa shape index (κ3) is 5.58. The molecule has 0 aliphatic carbocycles. The summed E-state index contributed by atoms with van der Waals surface area (Å²) >= 11 is 1.56. The number of carbonyl (C=O) groups excluding carboxylic acids is 2. The highest BCUT2D eigenvalue weighted by atomic mass is 32.2. The molecule has 0 spiro atoms. The van der Waals surface area contributed by atoms with E-state index in [9.17, 15) is 9.59 Å². The van der Waals surface area contributed by atoms with Crippen LogP contribution in [0.3, 0.4) is 0 Å². The zero-order chi connectivity index (χ0) is 22.4. The summed E-state index contributed by atoms with van der Waals surface area (Å²) in [5, 5.41) is -0.339. The van der Waals surface area contributed by atoms with Crippen LogP contribution in [-0.2, 0) is 19.1 Å². The molecule has 1 heterocycles. The number of thioether (sulfide) groups is 1. The molecule has 0 aromatic heterocycles. The van der Waals surface area contributed by atoms with Crippen LogP contribution in [0.1, 0.15) is 10.8 Å². The van der Waals surface area contributed by atoms with Gasteiger partial charge in [-0.25, -0.2) is 4.79 Å². The van der Waals surface area contributed by atoms with Crippen LogP contribution in [0.2, 0.25) is 0 Å². The fraction of sp³-hybridized carbons (Fsp3) is 0.391. The molecular weight excluding hydrogens is 416 g/mol. The van der Waals surface area contributed by atoms with Gasteiger partial charge in [-0.2, -0.15) is 0 Å². The number of methoxy groups -OCH3 is 2. The Kier molecular flexibility index (Phi) is 7.95. The first-order valence-electron chi connectivity index (χ1n) is 9.98. The van der Waals surface area contributed by atoms with Crippen molar-refractivity contribution < 1.29 is 23.8 Å². The van der Waals surface area contributed by atoms with E-state index in [1.54, 1.807) is 23.8 Å². The fourth-order valence-electron chi connectivity index (χ4n) is 3.32. The van der Waals surface area contributed by atoms with Crippen LogP contribution in [0.5, 0.6) is 5.75 Å². The third-order valence-electron chi connectivity index (χ3n) is 5.02. The highest BCUT2D eigenvalue weighted by Gasteiger charge is 2.39. The third-order valence-corrected chi connectivity index (χ3v) is 6.39. The number of anilines is 1. The largest absolute Gasteiger partial charge is 0.497 e. The van der Waals surface area contributed by atoms with E-state index < -0.39 is 12.1 Å². The smallest absolute Gasteiger partial charge is 0.331 e. The lowest BCUT2D eigenvalue weighted by Gasteiger charge is -2.28. The van der Waals surface area contributed by atoms with Gasteiger partial charge in [-0.05, 0) is 43.9 Å². The number of fused-ring (bicyclic) bond motifs is 1. The maximum Gasteiger partial charge on any atom is 0.331 e. The maximum absolute atomic E-state index is 13.7. The molecule has 8 heteroatoms. The van der Waals surface area contributed by atoms with Crippen molar-refractivity contribution >= 4 is 29.3 Å². The first-order valence-corrected chi connectivity index (χ1v) is 10.9. The first-order chi connectivity index (χ1) is 14.9. The normalized spacial score (nSPS) is 18.5. The van der Waals surface area contributed by atoms with Gasteiger partial charge in [-0.3, -0.25) is 4.79 Å². The molecular formula is C23H28N2O5S. The number of ether oxygens (including phenoxy) is 3. The quantitative estimate of drug-likeness (QED) is 0.580. The van der Waals surface area contributed by atoms with E-state index in [2.05, 4.69) is 0 Å². The summed E-state index contributed by atoms with van der Waals surface area (Å²) in [6.45, 7) is 0.913. The Hall–Kier alpha value is -2.55. The minimum absolute atomic E-state index is 0.177. The molecule has 0 N–H and O–H groups in total. The van der Waals surface area contributed by atoms with Gasteiger partial charge in [0.15, 0.2) is 6.10 Å². The molecule has 2 aromatic carbocycles. The second-order valence-electron chi connectivity index (χ2n) is 7.38. The number of nitrogens with zero attached hydrogens (tertiary/aromatic N) is 2. The van der Waals surface area contributed by atoms with Gasteiger partial charge in [0.25, 0.3) is 5.91 Å². The summed E-state index contributed by atoms with van der Waals surface area (Å²) < 4.78 is 15.9. The molecule has 1 aliphatic heterocycles. The molecule has 0 saturated carbocycles.